The average Bonchev–Trinajstić information content (AvgIpc) is 3.14. The number of aromatic carboxylic acids is 1. The summed E-state index contributed by atoms with van der Waals surface area (Å²) < 4.78 is 0. The maximum atomic E-state index is 12.1. The third-order valence-electron chi connectivity index (χ3n) is 4.46. The van der Waals surface area contributed by atoms with Crippen LogP contribution in [0.2, 0.25) is 0 Å². The van der Waals surface area contributed by atoms with Crippen molar-refractivity contribution < 1.29 is 9.90 Å². The normalized spacial score (nSPS) is 14.9. The van der Waals surface area contributed by atoms with Crippen molar-refractivity contribution in [2.45, 2.75) is 6.54 Å². The number of thioether (sulfide) groups is 1. The third kappa shape index (κ3) is 3.13. The van der Waals surface area contributed by atoms with Crippen LogP contribution in [0.3, 0.4) is 0 Å². The van der Waals surface area contributed by atoms with Gasteiger partial charge in [0.2, 0.25) is 0 Å². The number of hydrogen-bond donors (Lipinski definition) is 1. The highest BCUT2D eigenvalue weighted by Crippen LogP contribution is 2.32. The molecule has 1 N–H and O–H groups in total. The molecule has 1 aliphatic heterocycles. The van der Waals surface area contributed by atoms with Gasteiger partial charge >= 0.3 is 5.97 Å². The highest BCUT2D eigenvalue weighted by Gasteiger charge is 2.24. The summed E-state index contributed by atoms with van der Waals surface area (Å²) >= 11 is 1.88. The number of para-hydroxylation sites is 1. The van der Waals surface area contributed by atoms with E-state index in [1.165, 1.54) is 0 Å². The molecule has 1 saturated heterocycles. The topological polar surface area (TPSA) is 53.4 Å². The number of pyridine rings is 1. The summed E-state index contributed by atoms with van der Waals surface area (Å²) in [5, 5.41) is 10.7. The molecular weight excluding hydrogens is 332 g/mol. The second kappa shape index (κ2) is 6.86. The number of rotatable bonds is 4. The molecule has 0 radical (unpaired) electrons. The fourth-order valence-electron chi connectivity index (χ4n) is 3.28. The van der Waals surface area contributed by atoms with Crippen LogP contribution in [-0.2, 0) is 6.54 Å². The minimum atomic E-state index is -0.891. The van der Waals surface area contributed by atoms with Crippen LogP contribution in [0.25, 0.3) is 22.2 Å². The molecule has 0 unspecified atom stereocenters. The first-order valence-electron chi connectivity index (χ1n) is 8.24. The maximum absolute atomic E-state index is 12.1. The van der Waals surface area contributed by atoms with E-state index in [-0.39, 0.29) is 0 Å². The van der Waals surface area contributed by atoms with Gasteiger partial charge in [-0.1, -0.05) is 48.5 Å². The number of aromatic nitrogens is 1. The largest absolute Gasteiger partial charge is 0.478 e. The molecule has 1 aromatic heterocycles. The van der Waals surface area contributed by atoms with Crippen molar-refractivity contribution >= 4 is 28.6 Å². The van der Waals surface area contributed by atoms with E-state index in [1.807, 2.05) is 66.4 Å². The zero-order chi connectivity index (χ0) is 17.2. The van der Waals surface area contributed by atoms with Gasteiger partial charge in [-0.3, -0.25) is 4.90 Å². The van der Waals surface area contributed by atoms with Crippen molar-refractivity contribution in [3.63, 3.8) is 0 Å². The van der Waals surface area contributed by atoms with E-state index in [0.717, 1.165) is 40.5 Å². The summed E-state index contributed by atoms with van der Waals surface area (Å²) in [6.45, 7) is 1.58. The summed E-state index contributed by atoms with van der Waals surface area (Å²) in [6.07, 6.45) is 0. The van der Waals surface area contributed by atoms with Gasteiger partial charge in [0.25, 0.3) is 0 Å². The zero-order valence-electron chi connectivity index (χ0n) is 13.7. The Labute approximate surface area is 150 Å². The number of carboxylic acid groups (broad SMARTS) is 1. The van der Waals surface area contributed by atoms with Gasteiger partial charge < -0.3 is 5.11 Å². The highest BCUT2D eigenvalue weighted by molar-refractivity contribution is 7.99. The van der Waals surface area contributed by atoms with Crippen molar-refractivity contribution in [1.82, 2.24) is 9.88 Å². The van der Waals surface area contributed by atoms with E-state index in [0.29, 0.717) is 17.5 Å². The van der Waals surface area contributed by atoms with Crippen LogP contribution in [-0.4, -0.2) is 39.1 Å². The van der Waals surface area contributed by atoms with Crippen LogP contribution < -0.4 is 0 Å². The molecular formula is C20H18N2O2S. The summed E-state index contributed by atoms with van der Waals surface area (Å²) in [5.41, 5.74) is 3.63. The highest BCUT2D eigenvalue weighted by atomic mass is 32.2. The molecule has 0 amide bonds. The van der Waals surface area contributed by atoms with Crippen LogP contribution in [0.1, 0.15) is 15.9 Å². The molecule has 0 atom stereocenters. The average molecular weight is 350 g/mol. The Morgan fingerprint density at radius 3 is 2.60 bits per heavy atom. The molecule has 1 fully saturated rings. The first-order chi connectivity index (χ1) is 12.2. The van der Waals surface area contributed by atoms with Crippen LogP contribution in [0, 0.1) is 0 Å². The molecule has 2 aromatic carbocycles. The van der Waals surface area contributed by atoms with Gasteiger partial charge in [0.05, 0.1) is 16.8 Å². The lowest BCUT2D eigenvalue weighted by atomic mass is 9.96. The molecule has 0 saturated carbocycles. The van der Waals surface area contributed by atoms with E-state index in [2.05, 4.69) is 4.90 Å². The molecule has 4 nitrogen and oxygen atoms in total. The van der Waals surface area contributed by atoms with Crippen LogP contribution in [0.5, 0.6) is 0 Å². The van der Waals surface area contributed by atoms with Crippen molar-refractivity contribution in [3.05, 3.63) is 65.7 Å². The van der Waals surface area contributed by atoms with Gasteiger partial charge in [0.15, 0.2) is 0 Å². The van der Waals surface area contributed by atoms with Gasteiger partial charge in [-0.25, -0.2) is 9.78 Å². The van der Waals surface area contributed by atoms with Crippen molar-refractivity contribution in [2.24, 2.45) is 0 Å². The SMILES string of the molecule is O=C(O)c1c(CN2CCSC2)c(-c2ccccc2)nc2ccccc12. The Bertz CT molecular complexity index is 922. The summed E-state index contributed by atoms with van der Waals surface area (Å²) in [5.74, 6) is 1.13. The molecule has 0 spiro atoms. The quantitative estimate of drug-likeness (QED) is 0.767. The predicted octanol–water partition coefficient (Wildman–Crippen LogP) is 4.11. The van der Waals surface area contributed by atoms with E-state index < -0.39 is 5.97 Å². The van der Waals surface area contributed by atoms with E-state index in [9.17, 15) is 9.90 Å². The number of fused-ring (bicyclic) bond motifs is 1. The zero-order valence-corrected chi connectivity index (χ0v) is 14.5. The molecule has 2 heterocycles. The molecule has 126 valence electrons. The third-order valence-corrected chi connectivity index (χ3v) is 5.48. The number of carboxylic acids is 1. The lowest BCUT2D eigenvalue weighted by Crippen LogP contribution is -2.22. The van der Waals surface area contributed by atoms with Crippen molar-refractivity contribution in [2.75, 3.05) is 18.2 Å². The first-order valence-corrected chi connectivity index (χ1v) is 9.40. The Morgan fingerprint density at radius 1 is 1.12 bits per heavy atom. The fourth-order valence-corrected chi connectivity index (χ4v) is 4.28. The molecule has 3 aromatic rings. The van der Waals surface area contributed by atoms with Gasteiger partial charge in [-0.15, -0.1) is 11.8 Å². The van der Waals surface area contributed by atoms with Gasteiger partial charge in [0, 0.05) is 41.2 Å². The van der Waals surface area contributed by atoms with Crippen LogP contribution in [0.4, 0.5) is 0 Å². The van der Waals surface area contributed by atoms with Crippen molar-refractivity contribution in [1.29, 1.82) is 0 Å². The summed E-state index contributed by atoms with van der Waals surface area (Å²) in [6, 6.07) is 17.4. The molecule has 5 heteroatoms. The Kier molecular flexibility index (Phi) is 4.42. The van der Waals surface area contributed by atoms with Crippen LogP contribution in [0.15, 0.2) is 54.6 Å². The van der Waals surface area contributed by atoms with Gasteiger partial charge in [-0.2, -0.15) is 0 Å². The lowest BCUT2D eigenvalue weighted by Gasteiger charge is -2.20. The molecule has 4 rings (SSSR count). The fraction of sp³-hybridized carbons (Fsp3) is 0.200. The molecule has 0 aliphatic carbocycles. The standard InChI is InChI=1S/C20H18N2O2S/c23-20(24)18-15-8-4-5-9-17(15)21-19(14-6-2-1-3-7-14)16(18)12-22-10-11-25-13-22/h1-9H,10-13H2,(H,23,24). The summed E-state index contributed by atoms with van der Waals surface area (Å²) in [4.78, 5) is 19.3. The lowest BCUT2D eigenvalue weighted by molar-refractivity contribution is 0.0697. The Hall–Kier alpha value is -2.37. The molecule has 0 bridgehead atoms. The van der Waals surface area contributed by atoms with Crippen molar-refractivity contribution in [3.8, 4) is 11.3 Å². The number of nitrogens with zero attached hydrogens (tertiary/aromatic N) is 2. The second-order valence-corrected chi connectivity index (χ2v) is 7.17. The number of benzene rings is 2. The Balaban J connectivity index is 1.98. The Morgan fingerprint density at radius 2 is 1.88 bits per heavy atom. The van der Waals surface area contributed by atoms with Crippen LogP contribution >= 0.6 is 11.8 Å². The van der Waals surface area contributed by atoms with E-state index >= 15 is 0 Å². The number of carbonyl (C=O) groups is 1. The minimum Gasteiger partial charge on any atom is -0.478 e. The van der Waals surface area contributed by atoms with E-state index in [4.69, 9.17) is 4.98 Å². The molecule has 25 heavy (non-hydrogen) atoms. The minimum absolute atomic E-state index is 0.376. The smallest absolute Gasteiger partial charge is 0.336 e. The maximum Gasteiger partial charge on any atom is 0.336 e. The first kappa shape index (κ1) is 16.1. The molecule has 1 aliphatic rings. The van der Waals surface area contributed by atoms with Gasteiger partial charge in [0.1, 0.15) is 0 Å². The number of hydrogen-bond acceptors (Lipinski definition) is 4. The predicted molar refractivity (Wildman–Crippen MR) is 102 cm³/mol. The van der Waals surface area contributed by atoms with E-state index in [1.54, 1.807) is 0 Å². The summed E-state index contributed by atoms with van der Waals surface area (Å²) in [7, 11) is 0. The van der Waals surface area contributed by atoms with Gasteiger partial charge in [-0.05, 0) is 6.07 Å². The second-order valence-electron chi connectivity index (χ2n) is 6.09. The monoisotopic (exact) mass is 350 g/mol.